The molecule has 0 saturated heterocycles. The van der Waals surface area contributed by atoms with Gasteiger partial charge in [-0.1, -0.05) is 29.5 Å². The minimum atomic E-state index is -0.581. The average Bonchev–Trinajstić information content (AvgIpc) is 3.03. The fourth-order valence-electron chi connectivity index (χ4n) is 2.63. The van der Waals surface area contributed by atoms with Crippen LogP contribution < -0.4 is 4.90 Å². The molecule has 0 aliphatic heterocycles. The summed E-state index contributed by atoms with van der Waals surface area (Å²) in [6.07, 6.45) is 0.686. The summed E-state index contributed by atoms with van der Waals surface area (Å²) in [5, 5.41) is 0.372. The summed E-state index contributed by atoms with van der Waals surface area (Å²) in [7, 11) is 3.88. The van der Waals surface area contributed by atoms with E-state index in [1.54, 1.807) is 18.2 Å². The third kappa shape index (κ3) is 4.80. The highest BCUT2D eigenvalue weighted by atomic mass is 35.5. The van der Waals surface area contributed by atoms with Crippen molar-refractivity contribution in [3.8, 4) is 0 Å². The number of amides is 1. The fourth-order valence-corrected chi connectivity index (χ4v) is 3.63. The molecule has 0 aliphatic carbocycles. The summed E-state index contributed by atoms with van der Waals surface area (Å²) in [5.74, 6) is -1.49. The molecule has 0 bridgehead atoms. The highest BCUT2D eigenvalue weighted by Crippen LogP contribution is 2.31. The predicted octanol–water partition coefficient (Wildman–Crippen LogP) is 4.59. The number of thiazole rings is 1. The lowest BCUT2D eigenvalue weighted by Crippen LogP contribution is -2.34. The second-order valence-electron chi connectivity index (χ2n) is 6.18. The molecule has 0 spiro atoms. The van der Waals surface area contributed by atoms with E-state index >= 15 is 0 Å². The molecular formula is C19H20ClF2N3OS. The van der Waals surface area contributed by atoms with E-state index in [0.29, 0.717) is 22.8 Å². The molecule has 0 atom stereocenters. The largest absolute Gasteiger partial charge is 0.309 e. The Morgan fingerprint density at radius 1 is 1.04 bits per heavy atom. The lowest BCUT2D eigenvalue weighted by atomic mass is 10.2. The number of halogens is 3. The van der Waals surface area contributed by atoms with Crippen molar-refractivity contribution in [3.05, 3.63) is 59.7 Å². The summed E-state index contributed by atoms with van der Waals surface area (Å²) in [6, 6.07) is 10.6. The van der Waals surface area contributed by atoms with Gasteiger partial charge >= 0.3 is 0 Å². The second kappa shape index (κ2) is 9.21. The zero-order valence-electron chi connectivity index (χ0n) is 15.0. The predicted molar refractivity (Wildman–Crippen MR) is 108 cm³/mol. The highest BCUT2D eigenvalue weighted by molar-refractivity contribution is 7.22. The molecule has 144 valence electrons. The van der Waals surface area contributed by atoms with Gasteiger partial charge < -0.3 is 4.90 Å². The number of benzene rings is 2. The van der Waals surface area contributed by atoms with Crippen LogP contribution in [-0.2, 0) is 0 Å². The van der Waals surface area contributed by atoms with E-state index in [4.69, 9.17) is 0 Å². The molecule has 0 saturated carbocycles. The Balaban J connectivity index is 0.00000261. The molecule has 3 rings (SSSR count). The van der Waals surface area contributed by atoms with Crippen molar-refractivity contribution < 1.29 is 13.6 Å². The first-order chi connectivity index (χ1) is 12.5. The van der Waals surface area contributed by atoms with Crippen LogP contribution in [0.1, 0.15) is 16.8 Å². The molecule has 0 unspecified atom stereocenters. The molecule has 8 heteroatoms. The number of carbonyl (C=O) groups excluding carboxylic acids is 1. The van der Waals surface area contributed by atoms with Crippen LogP contribution in [0.15, 0.2) is 42.5 Å². The van der Waals surface area contributed by atoms with Gasteiger partial charge in [-0.25, -0.2) is 13.8 Å². The smallest absolute Gasteiger partial charge is 0.263 e. The maximum Gasteiger partial charge on any atom is 0.263 e. The maximum absolute atomic E-state index is 14.1. The van der Waals surface area contributed by atoms with Crippen LogP contribution in [-0.4, -0.2) is 43.0 Å². The summed E-state index contributed by atoms with van der Waals surface area (Å²) < 4.78 is 28.7. The van der Waals surface area contributed by atoms with E-state index in [0.717, 1.165) is 6.54 Å². The molecule has 0 radical (unpaired) electrons. The molecule has 27 heavy (non-hydrogen) atoms. The first-order valence-corrected chi connectivity index (χ1v) is 9.05. The first-order valence-electron chi connectivity index (χ1n) is 8.23. The molecule has 0 aliphatic rings. The quantitative estimate of drug-likeness (QED) is 0.595. The third-order valence-corrected chi connectivity index (χ3v) is 4.97. The van der Waals surface area contributed by atoms with E-state index < -0.39 is 17.5 Å². The van der Waals surface area contributed by atoms with Crippen LogP contribution in [0.3, 0.4) is 0 Å². The zero-order valence-corrected chi connectivity index (χ0v) is 16.6. The van der Waals surface area contributed by atoms with Gasteiger partial charge in [-0.3, -0.25) is 9.69 Å². The molecule has 1 heterocycles. The van der Waals surface area contributed by atoms with Gasteiger partial charge in [0.25, 0.3) is 5.91 Å². The molecular weight excluding hydrogens is 392 g/mol. The maximum atomic E-state index is 14.1. The SMILES string of the molecule is CN(C)CCCN(C(=O)c1ccccc1F)c1nc2c(F)cccc2s1.Cl. The Hall–Kier alpha value is -2.09. The van der Waals surface area contributed by atoms with E-state index in [2.05, 4.69) is 4.98 Å². The molecule has 4 nitrogen and oxygen atoms in total. The summed E-state index contributed by atoms with van der Waals surface area (Å²) in [4.78, 5) is 20.7. The summed E-state index contributed by atoms with van der Waals surface area (Å²) in [5.41, 5.74) is 0.212. The Bertz CT molecular complexity index is 932. The average molecular weight is 412 g/mol. The Labute approximate surface area is 166 Å². The van der Waals surface area contributed by atoms with Gasteiger partial charge in [-0.15, -0.1) is 12.4 Å². The van der Waals surface area contributed by atoms with E-state index in [1.807, 2.05) is 19.0 Å². The number of anilines is 1. The third-order valence-electron chi connectivity index (χ3n) is 3.93. The van der Waals surface area contributed by atoms with Crippen LogP contribution in [0.2, 0.25) is 0 Å². The topological polar surface area (TPSA) is 36.4 Å². The number of aromatic nitrogens is 1. The van der Waals surface area contributed by atoms with Crippen LogP contribution in [0.4, 0.5) is 13.9 Å². The Kier molecular flexibility index (Phi) is 7.24. The van der Waals surface area contributed by atoms with E-state index in [9.17, 15) is 13.6 Å². The van der Waals surface area contributed by atoms with Gasteiger partial charge in [0, 0.05) is 6.54 Å². The van der Waals surface area contributed by atoms with Crippen molar-refractivity contribution in [2.45, 2.75) is 6.42 Å². The molecule has 1 aromatic heterocycles. The van der Waals surface area contributed by atoms with Gasteiger partial charge in [0.2, 0.25) is 0 Å². The zero-order chi connectivity index (χ0) is 18.7. The number of rotatable bonds is 6. The minimum Gasteiger partial charge on any atom is -0.309 e. The van der Waals surface area contributed by atoms with Crippen LogP contribution in [0.25, 0.3) is 10.2 Å². The molecule has 0 N–H and O–H groups in total. The Morgan fingerprint density at radius 2 is 1.74 bits per heavy atom. The Morgan fingerprint density at radius 3 is 2.41 bits per heavy atom. The lowest BCUT2D eigenvalue weighted by molar-refractivity contribution is 0.0982. The summed E-state index contributed by atoms with van der Waals surface area (Å²) in [6.45, 7) is 1.13. The normalized spacial score (nSPS) is 10.9. The van der Waals surface area contributed by atoms with Crippen molar-refractivity contribution >= 4 is 45.0 Å². The van der Waals surface area contributed by atoms with Crippen molar-refractivity contribution in [2.24, 2.45) is 0 Å². The molecule has 3 aromatic rings. The summed E-state index contributed by atoms with van der Waals surface area (Å²) >= 11 is 1.23. The first kappa shape index (κ1) is 21.2. The number of nitrogens with zero attached hydrogens (tertiary/aromatic N) is 3. The minimum absolute atomic E-state index is 0. The monoisotopic (exact) mass is 411 g/mol. The fraction of sp³-hybridized carbons (Fsp3) is 0.263. The second-order valence-corrected chi connectivity index (χ2v) is 7.19. The lowest BCUT2D eigenvalue weighted by Gasteiger charge is -2.21. The number of para-hydroxylation sites is 1. The van der Waals surface area contributed by atoms with Gasteiger partial charge in [-0.05, 0) is 51.3 Å². The number of hydrogen-bond donors (Lipinski definition) is 0. The van der Waals surface area contributed by atoms with Gasteiger partial charge in [0.1, 0.15) is 17.2 Å². The van der Waals surface area contributed by atoms with Gasteiger partial charge in [0.15, 0.2) is 5.13 Å². The number of carbonyl (C=O) groups is 1. The van der Waals surface area contributed by atoms with Crippen LogP contribution in [0.5, 0.6) is 0 Å². The van der Waals surface area contributed by atoms with Crippen molar-refractivity contribution in [1.82, 2.24) is 9.88 Å². The molecule has 1 amide bonds. The van der Waals surface area contributed by atoms with E-state index in [1.165, 1.54) is 40.5 Å². The van der Waals surface area contributed by atoms with Crippen LogP contribution >= 0.6 is 23.7 Å². The van der Waals surface area contributed by atoms with Crippen LogP contribution in [0, 0.1) is 11.6 Å². The standard InChI is InChI=1S/C19H19F2N3OS.ClH/c1-23(2)11-6-12-24(18(25)13-7-3-4-8-14(13)20)19-22-17-15(21)9-5-10-16(17)26-19;/h3-5,7-10H,6,11-12H2,1-2H3;1H. The number of hydrogen-bond acceptors (Lipinski definition) is 4. The number of fused-ring (bicyclic) bond motifs is 1. The van der Waals surface area contributed by atoms with Gasteiger partial charge in [0.05, 0.1) is 10.3 Å². The highest BCUT2D eigenvalue weighted by Gasteiger charge is 2.24. The van der Waals surface area contributed by atoms with Gasteiger partial charge in [-0.2, -0.15) is 0 Å². The molecule has 0 fully saturated rings. The van der Waals surface area contributed by atoms with Crippen molar-refractivity contribution in [3.63, 3.8) is 0 Å². The van der Waals surface area contributed by atoms with E-state index in [-0.39, 0.29) is 23.5 Å². The molecule has 2 aromatic carbocycles. The van der Waals surface area contributed by atoms with Crippen molar-refractivity contribution in [2.75, 3.05) is 32.1 Å². The van der Waals surface area contributed by atoms with Crippen molar-refractivity contribution in [1.29, 1.82) is 0 Å².